The Hall–Kier alpha value is -3.06. The number of allylic oxidation sites excluding steroid dienone is 3. The molecule has 0 aromatic heterocycles. The number of alkyl halides is 10. The summed E-state index contributed by atoms with van der Waals surface area (Å²) in [5, 5.41) is 11.3. The topological polar surface area (TPSA) is 41.5 Å². The number of hydrogen-bond donors (Lipinski definition) is 2. The summed E-state index contributed by atoms with van der Waals surface area (Å²) in [7, 11) is 0. The van der Waals surface area contributed by atoms with Crippen LogP contribution in [0.5, 0.6) is 11.5 Å². The predicted molar refractivity (Wildman–Crippen MR) is 126 cm³/mol. The SMILES string of the molecule is CCc1ccccc1Oc1cccc(C2(C(F)(F)C(F)(F)C(F)(F)F)C=CC=C(CNC(C)(O)C(F)(F)F)C2)c1. The molecule has 0 saturated carbocycles. The summed E-state index contributed by atoms with van der Waals surface area (Å²) in [4.78, 5) is 0. The lowest BCUT2D eigenvalue weighted by atomic mass is 9.66. The summed E-state index contributed by atoms with van der Waals surface area (Å²) in [6.45, 7) is 1.19. The van der Waals surface area contributed by atoms with Crippen LogP contribution >= 0.6 is 0 Å². The van der Waals surface area contributed by atoms with Crippen molar-refractivity contribution in [3.05, 3.63) is 83.5 Å². The van der Waals surface area contributed by atoms with Gasteiger partial charge >= 0.3 is 24.2 Å². The van der Waals surface area contributed by atoms with Crippen molar-refractivity contribution in [1.29, 1.82) is 0 Å². The largest absolute Gasteiger partial charge is 0.459 e. The molecule has 3 rings (SSSR count). The monoisotopic (exact) mass is 585 g/mol. The molecule has 0 bridgehead atoms. The second-order valence-corrected chi connectivity index (χ2v) is 9.49. The van der Waals surface area contributed by atoms with Crippen LogP contribution in [0.3, 0.4) is 0 Å². The van der Waals surface area contributed by atoms with Gasteiger partial charge in [-0.1, -0.05) is 61.1 Å². The highest BCUT2D eigenvalue weighted by Gasteiger charge is 2.79. The Bertz CT molecular complexity index is 1260. The first-order chi connectivity index (χ1) is 18.3. The number of para-hydroxylation sites is 1. The molecule has 2 N–H and O–H groups in total. The number of ether oxygens (including phenoxy) is 1. The maximum absolute atomic E-state index is 15.6. The molecule has 0 aliphatic heterocycles. The minimum absolute atomic E-state index is 0.147. The van der Waals surface area contributed by atoms with E-state index in [4.69, 9.17) is 4.74 Å². The number of benzene rings is 2. The Morgan fingerprint density at radius 3 is 2.15 bits per heavy atom. The second-order valence-electron chi connectivity index (χ2n) is 9.49. The molecule has 0 fully saturated rings. The Balaban J connectivity index is 2.11. The average Bonchev–Trinajstić information content (AvgIpc) is 2.86. The Morgan fingerprint density at radius 2 is 1.55 bits per heavy atom. The standard InChI is InChI=1S/C27H25F10NO2/c1-3-18-9-4-5-12-21(18)40-20-11-6-10-19(14-20)23(24(28,29)25(30,31)27(35,36)37)13-7-8-17(15-23)16-38-22(2,39)26(32,33)34/h4-14,38-39H,3,15-16H2,1-2H3. The van der Waals surface area contributed by atoms with Gasteiger partial charge in [-0.25, -0.2) is 0 Å². The van der Waals surface area contributed by atoms with Crippen LogP contribution in [0.15, 0.2) is 72.3 Å². The molecule has 0 radical (unpaired) electrons. The van der Waals surface area contributed by atoms with Crippen LogP contribution in [-0.2, 0) is 11.8 Å². The second kappa shape index (κ2) is 10.7. The van der Waals surface area contributed by atoms with Gasteiger partial charge in [-0.3, -0.25) is 5.32 Å². The number of hydrogen-bond acceptors (Lipinski definition) is 3. The average molecular weight is 585 g/mol. The van der Waals surface area contributed by atoms with Gasteiger partial charge in [-0.15, -0.1) is 0 Å². The highest BCUT2D eigenvalue weighted by atomic mass is 19.4. The van der Waals surface area contributed by atoms with Gasteiger partial charge in [0.15, 0.2) is 0 Å². The zero-order chi connectivity index (χ0) is 30.2. The summed E-state index contributed by atoms with van der Waals surface area (Å²) in [6, 6.07) is 10.8. The minimum atomic E-state index is -6.66. The summed E-state index contributed by atoms with van der Waals surface area (Å²) < 4.78 is 145. The van der Waals surface area contributed by atoms with E-state index in [1.54, 1.807) is 36.5 Å². The number of halogens is 10. The molecule has 1 aliphatic carbocycles. The first-order valence-electron chi connectivity index (χ1n) is 11.9. The molecule has 1 aliphatic rings. The van der Waals surface area contributed by atoms with Crippen LogP contribution in [0.1, 0.15) is 31.4 Å². The molecule has 0 saturated heterocycles. The van der Waals surface area contributed by atoms with Crippen molar-refractivity contribution in [2.24, 2.45) is 0 Å². The zero-order valence-electron chi connectivity index (χ0n) is 21.1. The van der Waals surface area contributed by atoms with E-state index in [2.05, 4.69) is 0 Å². The van der Waals surface area contributed by atoms with Gasteiger partial charge in [-0.05, 0) is 49.1 Å². The molecule has 0 amide bonds. The van der Waals surface area contributed by atoms with E-state index in [9.17, 15) is 40.2 Å². The quantitative estimate of drug-likeness (QED) is 0.233. The van der Waals surface area contributed by atoms with Crippen LogP contribution in [0, 0.1) is 0 Å². The van der Waals surface area contributed by atoms with E-state index >= 15 is 8.78 Å². The molecule has 0 spiro atoms. The molecule has 13 heteroatoms. The number of aliphatic hydroxyl groups is 1. The first kappa shape index (κ1) is 31.5. The van der Waals surface area contributed by atoms with Crippen LogP contribution < -0.4 is 10.1 Å². The third kappa shape index (κ3) is 5.71. The van der Waals surface area contributed by atoms with Gasteiger partial charge in [-0.2, -0.15) is 43.9 Å². The molecule has 0 heterocycles. The molecular formula is C27H25F10NO2. The van der Waals surface area contributed by atoms with Gasteiger partial charge in [0.2, 0.25) is 5.72 Å². The third-order valence-corrected chi connectivity index (χ3v) is 6.67. The third-order valence-electron chi connectivity index (χ3n) is 6.67. The van der Waals surface area contributed by atoms with Crippen molar-refractivity contribution in [2.75, 3.05) is 6.54 Å². The number of aryl methyl sites for hydroxylation is 1. The molecule has 2 unspecified atom stereocenters. The van der Waals surface area contributed by atoms with Crippen molar-refractivity contribution in [1.82, 2.24) is 5.32 Å². The van der Waals surface area contributed by atoms with Crippen molar-refractivity contribution in [3.8, 4) is 11.5 Å². The van der Waals surface area contributed by atoms with Gasteiger partial charge < -0.3 is 9.84 Å². The van der Waals surface area contributed by atoms with Gasteiger partial charge in [0.25, 0.3) is 0 Å². The number of nitrogens with one attached hydrogen (secondary N) is 1. The molecule has 2 aromatic carbocycles. The van der Waals surface area contributed by atoms with Crippen LogP contribution in [0.25, 0.3) is 0 Å². The van der Waals surface area contributed by atoms with Crippen molar-refractivity contribution in [3.63, 3.8) is 0 Å². The Morgan fingerprint density at radius 1 is 0.900 bits per heavy atom. The van der Waals surface area contributed by atoms with Crippen LogP contribution in [0.2, 0.25) is 0 Å². The van der Waals surface area contributed by atoms with E-state index in [1.807, 2.05) is 0 Å². The lowest BCUT2D eigenvalue weighted by molar-refractivity contribution is -0.366. The fourth-order valence-corrected chi connectivity index (χ4v) is 4.24. The molecular weight excluding hydrogens is 560 g/mol. The van der Waals surface area contributed by atoms with E-state index in [-0.39, 0.29) is 5.75 Å². The lowest BCUT2D eigenvalue weighted by Gasteiger charge is -2.44. The Labute approximate surface area is 223 Å². The number of rotatable bonds is 9. The smallest absolute Gasteiger partial charge is 0.457 e. The Kier molecular flexibility index (Phi) is 8.44. The maximum Gasteiger partial charge on any atom is 0.459 e. The first-order valence-corrected chi connectivity index (χ1v) is 11.9. The predicted octanol–water partition coefficient (Wildman–Crippen LogP) is 7.86. The highest BCUT2D eigenvalue weighted by molar-refractivity contribution is 5.47. The fraction of sp³-hybridized carbons (Fsp3) is 0.407. The van der Waals surface area contributed by atoms with Crippen LogP contribution in [-0.4, -0.2) is 41.6 Å². The van der Waals surface area contributed by atoms with Gasteiger partial charge in [0, 0.05) is 6.54 Å². The summed E-state index contributed by atoms with van der Waals surface area (Å²) in [5.74, 6) is -12.2. The molecule has 2 atom stereocenters. The van der Waals surface area contributed by atoms with Crippen molar-refractivity contribution in [2.45, 2.75) is 62.0 Å². The molecule has 220 valence electrons. The van der Waals surface area contributed by atoms with Gasteiger partial charge in [0.1, 0.15) is 11.5 Å². The fourth-order valence-electron chi connectivity index (χ4n) is 4.24. The molecule has 3 nitrogen and oxygen atoms in total. The summed E-state index contributed by atoms with van der Waals surface area (Å²) in [6.07, 6.45) is -10.4. The maximum atomic E-state index is 15.6. The van der Waals surface area contributed by atoms with Crippen molar-refractivity contribution < 1.29 is 53.7 Å². The zero-order valence-corrected chi connectivity index (χ0v) is 21.1. The normalized spacial score (nSPS) is 20.2. The lowest BCUT2D eigenvalue weighted by Crippen LogP contribution is -2.62. The van der Waals surface area contributed by atoms with Crippen LogP contribution in [0.4, 0.5) is 43.9 Å². The minimum Gasteiger partial charge on any atom is -0.457 e. The summed E-state index contributed by atoms with van der Waals surface area (Å²) >= 11 is 0. The summed E-state index contributed by atoms with van der Waals surface area (Å²) in [5.41, 5.74) is -7.27. The van der Waals surface area contributed by atoms with Crippen molar-refractivity contribution >= 4 is 0 Å². The van der Waals surface area contributed by atoms with E-state index in [0.29, 0.717) is 30.7 Å². The van der Waals surface area contributed by atoms with E-state index in [1.165, 1.54) is 6.07 Å². The van der Waals surface area contributed by atoms with E-state index in [0.717, 1.165) is 30.4 Å². The molecule has 2 aromatic rings. The van der Waals surface area contributed by atoms with Gasteiger partial charge in [0.05, 0.1) is 5.41 Å². The molecule has 40 heavy (non-hydrogen) atoms. The highest BCUT2D eigenvalue weighted by Crippen LogP contribution is 2.58. The van der Waals surface area contributed by atoms with E-state index < -0.39 is 59.4 Å².